The van der Waals surface area contributed by atoms with Crippen LogP contribution in [0.3, 0.4) is 0 Å². The van der Waals surface area contributed by atoms with Gasteiger partial charge in [-0.2, -0.15) is 4.98 Å². The molecule has 0 saturated heterocycles. The van der Waals surface area contributed by atoms with Gasteiger partial charge in [-0.3, -0.25) is 10.1 Å². The highest BCUT2D eigenvalue weighted by atomic mass is 32.2. The Bertz CT molecular complexity index is 1870. The van der Waals surface area contributed by atoms with Crippen LogP contribution < -0.4 is 19.9 Å². The summed E-state index contributed by atoms with van der Waals surface area (Å²) in [6.45, 7) is 0. The predicted octanol–water partition coefficient (Wildman–Crippen LogP) is 4.49. The highest BCUT2D eigenvalue weighted by Gasteiger charge is 2.16. The van der Waals surface area contributed by atoms with Crippen molar-refractivity contribution in [2.75, 3.05) is 42.6 Å². The highest BCUT2D eigenvalue weighted by molar-refractivity contribution is 7.90. The summed E-state index contributed by atoms with van der Waals surface area (Å²) >= 11 is 0. The molecule has 1 N–H and O–H groups in total. The standard InChI is InChI=1S/C30H31N7O4S/c1-35(27-16-17-31-29(33-27)36(2)21-10-13-23(14-11-21)42(5,39)40)22-12-15-25-24(19-22)32-30(37(25)3)34-28(38)18-20-8-6-7-9-26(20)41-4/h6-17,19H,18H2,1-5H3,(H,32,34,38). The van der Waals surface area contributed by atoms with Crippen LogP contribution in [0.4, 0.5) is 29.1 Å². The lowest BCUT2D eigenvalue weighted by Crippen LogP contribution is -2.17. The normalized spacial score (nSPS) is 11.4. The molecule has 0 bridgehead atoms. The van der Waals surface area contributed by atoms with Gasteiger partial charge in [-0.15, -0.1) is 0 Å². The Morgan fingerprint density at radius 1 is 0.952 bits per heavy atom. The zero-order valence-corrected chi connectivity index (χ0v) is 24.8. The topological polar surface area (TPSA) is 123 Å². The molecule has 0 radical (unpaired) electrons. The molecule has 12 heteroatoms. The van der Waals surface area contributed by atoms with E-state index in [1.165, 1.54) is 6.26 Å². The third-order valence-electron chi connectivity index (χ3n) is 6.97. The van der Waals surface area contributed by atoms with E-state index < -0.39 is 9.84 Å². The molecule has 0 fully saturated rings. The van der Waals surface area contributed by atoms with Crippen molar-refractivity contribution in [2.45, 2.75) is 11.3 Å². The van der Waals surface area contributed by atoms with Crippen molar-refractivity contribution in [3.05, 3.63) is 84.6 Å². The Morgan fingerprint density at radius 2 is 1.67 bits per heavy atom. The largest absolute Gasteiger partial charge is 0.496 e. The molecule has 0 spiro atoms. The SMILES string of the molecule is COc1ccccc1CC(=O)Nc1nc2cc(N(C)c3ccnc(N(C)c4ccc(S(C)(=O)=O)cc4)n3)ccc2n1C. The zero-order valence-electron chi connectivity index (χ0n) is 23.9. The van der Waals surface area contributed by atoms with Gasteiger partial charge in [0.15, 0.2) is 9.84 Å². The number of amides is 1. The minimum absolute atomic E-state index is 0.160. The van der Waals surface area contributed by atoms with E-state index in [0.717, 1.165) is 22.5 Å². The summed E-state index contributed by atoms with van der Waals surface area (Å²) in [7, 11) is 3.86. The van der Waals surface area contributed by atoms with E-state index >= 15 is 0 Å². The number of benzene rings is 3. The van der Waals surface area contributed by atoms with Crippen LogP contribution >= 0.6 is 0 Å². The van der Waals surface area contributed by atoms with Crippen LogP contribution in [0.25, 0.3) is 11.0 Å². The lowest BCUT2D eigenvalue weighted by atomic mass is 10.1. The number of anilines is 5. The number of nitrogens with zero attached hydrogens (tertiary/aromatic N) is 6. The molecule has 0 aliphatic heterocycles. The van der Waals surface area contributed by atoms with E-state index in [4.69, 9.17) is 9.72 Å². The van der Waals surface area contributed by atoms with Crippen LogP contribution in [0.5, 0.6) is 5.75 Å². The Kier molecular flexibility index (Phi) is 7.81. The number of hydrogen-bond donors (Lipinski definition) is 1. The van der Waals surface area contributed by atoms with Crippen molar-refractivity contribution in [1.29, 1.82) is 0 Å². The molecule has 0 saturated carbocycles. The minimum atomic E-state index is -3.29. The number of rotatable bonds is 9. The van der Waals surface area contributed by atoms with E-state index in [-0.39, 0.29) is 17.2 Å². The number of sulfone groups is 1. The maximum Gasteiger partial charge on any atom is 0.231 e. The molecule has 216 valence electrons. The van der Waals surface area contributed by atoms with Gasteiger partial charge in [0.1, 0.15) is 11.6 Å². The van der Waals surface area contributed by atoms with Crippen LogP contribution in [-0.2, 0) is 28.1 Å². The number of carbonyl (C=O) groups is 1. The Morgan fingerprint density at radius 3 is 2.38 bits per heavy atom. The molecule has 3 aromatic carbocycles. The fourth-order valence-corrected chi connectivity index (χ4v) is 5.18. The third-order valence-corrected chi connectivity index (χ3v) is 8.10. The van der Waals surface area contributed by atoms with E-state index in [1.54, 1.807) is 48.5 Å². The number of imidazole rings is 1. The average molecular weight is 586 g/mol. The number of aryl methyl sites for hydroxylation is 1. The third kappa shape index (κ3) is 5.88. The number of hydrogen-bond acceptors (Lipinski definition) is 9. The number of methoxy groups -OCH3 is 1. The summed E-state index contributed by atoms with van der Waals surface area (Å²) in [4.78, 5) is 30.6. The van der Waals surface area contributed by atoms with Crippen LogP contribution in [0.1, 0.15) is 5.56 Å². The lowest BCUT2D eigenvalue weighted by Gasteiger charge is -2.22. The predicted molar refractivity (Wildman–Crippen MR) is 164 cm³/mol. The van der Waals surface area contributed by atoms with E-state index in [9.17, 15) is 13.2 Å². The Balaban J connectivity index is 1.35. The van der Waals surface area contributed by atoms with Crippen molar-refractivity contribution >= 4 is 55.9 Å². The molecule has 5 rings (SSSR count). The first-order valence-corrected chi connectivity index (χ1v) is 14.9. The molecule has 0 atom stereocenters. The van der Waals surface area contributed by atoms with Gasteiger partial charge in [0.05, 0.1) is 29.5 Å². The average Bonchev–Trinajstić information content (AvgIpc) is 3.30. The van der Waals surface area contributed by atoms with Gasteiger partial charge in [-0.05, 0) is 54.6 Å². The number of fused-ring (bicyclic) bond motifs is 1. The van der Waals surface area contributed by atoms with Gasteiger partial charge in [0, 0.05) is 50.5 Å². The molecular weight excluding hydrogens is 554 g/mol. The van der Waals surface area contributed by atoms with Gasteiger partial charge < -0.3 is 19.1 Å². The van der Waals surface area contributed by atoms with Crippen LogP contribution in [0, 0.1) is 0 Å². The number of para-hydroxylation sites is 1. The summed E-state index contributed by atoms with van der Waals surface area (Å²) in [5.74, 6) is 2.01. The lowest BCUT2D eigenvalue weighted by molar-refractivity contribution is -0.115. The van der Waals surface area contributed by atoms with E-state index in [2.05, 4.69) is 15.3 Å². The molecule has 42 heavy (non-hydrogen) atoms. The maximum absolute atomic E-state index is 12.8. The maximum atomic E-state index is 12.8. The molecule has 2 heterocycles. The Hall–Kier alpha value is -4.97. The number of carbonyl (C=O) groups excluding carboxylic acids is 1. The first kappa shape index (κ1) is 28.6. The first-order chi connectivity index (χ1) is 20.0. The summed E-state index contributed by atoms with van der Waals surface area (Å²) in [5, 5.41) is 2.91. The smallest absolute Gasteiger partial charge is 0.231 e. The first-order valence-electron chi connectivity index (χ1n) is 13.0. The second kappa shape index (κ2) is 11.5. The second-order valence-electron chi connectivity index (χ2n) is 9.80. The fraction of sp³-hybridized carbons (Fsp3) is 0.200. The number of nitrogens with one attached hydrogen (secondary N) is 1. The summed E-state index contributed by atoms with van der Waals surface area (Å²) in [6.07, 6.45) is 3.01. The summed E-state index contributed by atoms with van der Waals surface area (Å²) in [6, 6.07) is 21.6. The molecule has 5 aromatic rings. The van der Waals surface area contributed by atoms with Gasteiger partial charge >= 0.3 is 0 Å². The zero-order chi connectivity index (χ0) is 30.0. The number of aromatic nitrogens is 4. The molecule has 1 amide bonds. The van der Waals surface area contributed by atoms with Crippen molar-refractivity contribution in [1.82, 2.24) is 19.5 Å². The number of ether oxygens (including phenoxy) is 1. The summed E-state index contributed by atoms with van der Waals surface area (Å²) < 4.78 is 30.8. The van der Waals surface area contributed by atoms with Crippen molar-refractivity contribution in [3.8, 4) is 5.75 Å². The van der Waals surface area contributed by atoms with Gasteiger partial charge in [0.2, 0.25) is 17.8 Å². The van der Waals surface area contributed by atoms with Gasteiger partial charge in [-0.1, -0.05) is 18.2 Å². The second-order valence-corrected chi connectivity index (χ2v) is 11.8. The molecule has 11 nitrogen and oxygen atoms in total. The minimum Gasteiger partial charge on any atom is -0.496 e. The van der Waals surface area contributed by atoms with Crippen LogP contribution in [0.2, 0.25) is 0 Å². The van der Waals surface area contributed by atoms with Crippen molar-refractivity contribution in [3.63, 3.8) is 0 Å². The molecule has 2 aromatic heterocycles. The fourth-order valence-electron chi connectivity index (χ4n) is 4.55. The van der Waals surface area contributed by atoms with Crippen LogP contribution in [0.15, 0.2) is 83.9 Å². The van der Waals surface area contributed by atoms with Gasteiger partial charge in [-0.25, -0.2) is 18.4 Å². The van der Waals surface area contributed by atoms with Crippen molar-refractivity contribution in [2.24, 2.45) is 7.05 Å². The highest BCUT2D eigenvalue weighted by Crippen LogP contribution is 2.29. The molecule has 0 aliphatic rings. The van der Waals surface area contributed by atoms with E-state index in [1.807, 2.05) is 73.1 Å². The monoisotopic (exact) mass is 585 g/mol. The molecule has 0 aliphatic carbocycles. The summed E-state index contributed by atoms with van der Waals surface area (Å²) in [5.41, 5.74) is 3.96. The quantitative estimate of drug-likeness (QED) is 0.267. The van der Waals surface area contributed by atoms with E-state index in [0.29, 0.717) is 29.0 Å². The van der Waals surface area contributed by atoms with Crippen molar-refractivity contribution < 1.29 is 17.9 Å². The molecular formula is C30H31N7O4S. The van der Waals surface area contributed by atoms with Crippen LogP contribution in [-0.4, -0.2) is 61.3 Å². The van der Waals surface area contributed by atoms with Gasteiger partial charge in [0.25, 0.3) is 0 Å². The molecule has 0 unspecified atom stereocenters. The Labute approximate surface area is 244 Å².